The van der Waals surface area contributed by atoms with Crippen LogP contribution in [0.2, 0.25) is 0 Å². The lowest BCUT2D eigenvalue weighted by Crippen LogP contribution is -2.28. The highest BCUT2D eigenvalue weighted by Crippen LogP contribution is 2.32. The predicted octanol–water partition coefficient (Wildman–Crippen LogP) is 6.04. The highest BCUT2D eigenvalue weighted by molar-refractivity contribution is 6.04. The summed E-state index contributed by atoms with van der Waals surface area (Å²) in [5.74, 6) is 0.290. The molecule has 0 aliphatic carbocycles. The number of aromatic nitrogens is 2. The maximum atomic E-state index is 13.1. The average Bonchev–Trinajstić information content (AvgIpc) is 3.39. The van der Waals surface area contributed by atoms with Gasteiger partial charge in [-0.2, -0.15) is 0 Å². The summed E-state index contributed by atoms with van der Waals surface area (Å²) in [5, 5.41) is 6.63. The van der Waals surface area contributed by atoms with Crippen molar-refractivity contribution < 1.29 is 9.59 Å². The van der Waals surface area contributed by atoms with Crippen LogP contribution in [0.25, 0.3) is 10.9 Å². The van der Waals surface area contributed by atoms with E-state index in [1.54, 1.807) is 24.0 Å². The molecular formula is C34H45N7O2. The van der Waals surface area contributed by atoms with Gasteiger partial charge in [0.05, 0.1) is 5.52 Å². The number of anilines is 3. The lowest BCUT2D eigenvalue weighted by molar-refractivity contribution is 0.102. The van der Waals surface area contributed by atoms with Crippen LogP contribution in [0.4, 0.5) is 22.0 Å². The predicted molar refractivity (Wildman–Crippen MR) is 176 cm³/mol. The van der Waals surface area contributed by atoms with Crippen molar-refractivity contribution in [2.24, 2.45) is 5.41 Å². The van der Waals surface area contributed by atoms with E-state index in [4.69, 9.17) is 0 Å². The number of likely N-dealkylation sites (N-methyl/N-ethyl adjacent to an activating group) is 2. The van der Waals surface area contributed by atoms with E-state index in [0.29, 0.717) is 11.4 Å². The number of nitrogens with one attached hydrogen (secondary N) is 2. The molecule has 0 fully saturated rings. The fourth-order valence-electron chi connectivity index (χ4n) is 4.82. The van der Waals surface area contributed by atoms with Gasteiger partial charge in [-0.05, 0) is 81.0 Å². The molecular weight excluding hydrogens is 538 g/mol. The number of carbonyl (C=O) groups is 2. The van der Waals surface area contributed by atoms with Gasteiger partial charge in [-0.25, -0.2) is 9.78 Å². The number of hydrogen-bond acceptors (Lipinski definition) is 6. The number of rotatable bonds is 11. The van der Waals surface area contributed by atoms with Crippen LogP contribution in [0.15, 0.2) is 73.1 Å². The number of fused-ring (bicyclic) bond motifs is 1. The molecule has 2 aromatic heterocycles. The lowest BCUT2D eigenvalue weighted by Gasteiger charge is -2.29. The summed E-state index contributed by atoms with van der Waals surface area (Å²) in [7, 11) is 7.87. The van der Waals surface area contributed by atoms with Crippen LogP contribution in [-0.2, 0) is 6.54 Å². The van der Waals surface area contributed by atoms with Gasteiger partial charge in [0.15, 0.2) is 0 Å². The number of nitrogens with zero attached hydrogens (tertiary/aromatic N) is 5. The third kappa shape index (κ3) is 8.65. The Balaban J connectivity index is 1.52. The van der Waals surface area contributed by atoms with E-state index in [1.165, 1.54) is 0 Å². The Morgan fingerprint density at radius 2 is 1.60 bits per heavy atom. The second-order valence-electron chi connectivity index (χ2n) is 12.5. The first-order valence-corrected chi connectivity index (χ1v) is 14.7. The molecule has 2 heterocycles. The van der Waals surface area contributed by atoms with Crippen molar-refractivity contribution in [1.29, 1.82) is 0 Å². The molecule has 0 saturated carbocycles. The molecule has 9 nitrogen and oxygen atoms in total. The Morgan fingerprint density at radius 1 is 0.884 bits per heavy atom. The van der Waals surface area contributed by atoms with E-state index < -0.39 is 0 Å². The first kappa shape index (κ1) is 31.7. The zero-order valence-corrected chi connectivity index (χ0v) is 26.5. The molecule has 228 valence electrons. The SMILES string of the molecule is CNC(=O)n1ccc2cc(N(CCC(C)(C)C)c3ccnc(NC(=O)c4ccc(CN(C)CCN(C)C)cc4)c3)ccc21. The molecule has 2 N–H and O–H groups in total. The van der Waals surface area contributed by atoms with Crippen LogP contribution < -0.4 is 15.5 Å². The molecule has 4 rings (SSSR count). The number of hydrogen-bond donors (Lipinski definition) is 2. The summed E-state index contributed by atoms with van der Waals surface area (Å²) in [6.45, 7) is 10.2. The molecule has 0 radical (unpaired) electrons. The van der Waals surface area contributed by atoms with E-state index in [0.717, 1.165) is 60.4 Å². The number of benzene rings is 2. The maximum absolute atomic E-state index is 13.1. The van der Waals surface area contributed by atoms with Gasteiger partial charge in [0.25, 0.3) is 5.91 Å². The van der Waals surface area contributed by atoms with Crippen molar-refractivity contribution in [3.05, 3.63) is 84.2 Å². The van der Waals surface area contributed by atoms with Gasteiger partial charge < -0.3 is 25.3 Å². The minimum absolute atomic E-state index is 0.127. The molecule has 9 heteroatoms. The third-order valence-electron chi connectivity index (χ3n) is 7.40. The highest BCUT2D eigenvalue weighted by Gasteiger charge is 2.18. The average molecular weight is 584 g/mol. The van der Waals surface area contributed by atoms with E-state index in [-0.39, 0.29) is 17.4 Å². The van der Waals surface area contributed by atoms with Crippen molar-refractivity contribution >= 4 is 40.0 Å². The van der Waals surface area contributed by atoms with Gasteiger partial charge in [-0.3, -0.25) is 9.36 Å². The molecule has 4 aromatic rings. The van der Waals surface area contributed by atoms with Crippen LogP contribution in [0.3, 0.4) is 0 Å². The zero-order valence-electron chi connectivity index (χ0n) is 26.5. The Hall–Kier alpha value is -4.21. The molecule has 0 atom stereocenters. The summed E-state index contributed by atoms with van der Waals surface area (Å²) in [6.07, 6.45) is 4.45. The van der Waals surface area contributed by atoms with Crippen molar-refractivity contribution in [2.45, 2.75) is 33.7 Å². The van der Waals surface area contributed by atoms with Crippen LogP contribution >= 0.6 is 0 Å². The normalized spacial score (nSPS) is 11.7. The quantitative estimate of drug-likeness (QED) is 0.224. The third-order valence-corrected chi connectivity index (χ3v) is 7.40. The van der Waals surface area contributed by atoms with Gasteiger partial charge in [-0.15, -0.1) is 0 Å². The standard InChI is InChI=1S/C34H45N7O2/c1-34(2,3)16-19-40(28-12-13-30-27(22-28)15-18-41(30)33(43)35-4)29-14-17-36-31(23-29)37-32(42)26-10-8-25(9-11-26)24-39(7)21-20-38(5)6/h8-15,17-18,22-23H,16,19-21,24H2,1-7H3,(H,35,43)(H,36,37,42). The Labute approximate surface area is 255 Å². The van der Waals surface area contributed by atoms with Gasteiger partial charge in [0.1, 0.15) is 5.82 Å². The first-order valence-electron chi connectivity index (χ1n) is 14.7. The molecule has 0 aliphatic rings. The molecule has 0 unspecified atom stereocenters. The summed E-state index contributed by atoms with van der Waals surface area (Å²) in [4.78, 5) is 36.5. The lowest BCUT2D eigenvalue weighted by atomic mass is 9.92. The van der Waals surface area contributed by atoms with E-state index in [9.17, 15) is 9.59 Å². The molecule has 43 heavy (non-hydrogen) atoms. The second-order valence-corrected chi connectivity index (χ2v) is 12.5. The molecule has 0 aliphatic heterocycles. The van der Waals surface area contributed by atoms with Gasteiger partial charge in [-0.1, -0.05) is 32.9 Å². The monoisotopic (exact) mass is 583 g/mol. The second kappa shape index (κ2) is 13.8. The van der Waals surface area contributed by atoms with Gasteiger partial charge in [0.2, 0.25) is 0 Å². The molecule has 0 saturated heterocycles. The molecule has 0 bridgehead atoms. The van der Waals surface area contributed by atoms with Gasteiger partial charge >= 0.3 is 6.03 Å². The maximum Gasteiger partial charge on any atom is 0.325 e. The Bertz CT molecular complexity index is 1540. The van der Waals surface area contributed by atoms with E-state index in [1.807, 2.05) is 54.6 Å². The first-order chi connectivity index (χ1) is 20.4. The van der Waals surface area contributed by atoms with Crippen LogP contribution in [0.5, 0.6) is 0 Å². The Morgan fingerprint density at radius 3 is 2.28 bits per heavy atom. The smallest absolute Gasteiger partial charge is 0.325 e. The molecule has 0 spiro atoms. The number of carbonyl (C=O) groups excluding carboxylic acids is 2. The molecule has 2 aromatic carbocycles. The van der Waals surface area contributed by atoms with Crippen molar-refractivity contribution in [1.82, 2.24) is 24.7 Å². The summed E-state index contributed by atoms with van der Waals surface area (Å²) in [5.41, 5.74) is 4.64. The van der Waals surface area contributed by atoms with Gasteiger partial charge in [0, 0.05) is 74.0 Å². The number of pyridine rings is 1. The number of amides is 2. The van der Waals surface area contributed by atoms with E-state index >= 15 is 0 Å². The fourth-order valence-corrected chi connectivity index (χ4v) is 4.82. The fraction of sp³-hybridized carbons (Fsp3) is 0.382. The van der Waals surface area contributed by atoms with Crippen LogP contribution in [-0.4, -0.2) is 79.1 Å². The summed E-state index contributed by atoms with van der Waals surface area (Å²) >= 11 is 0. The summed E-state index contributed by atoms with van der Waals surface area (Å²) < 4.78 is 1.61. The van der Waals surface area contributed by atoms with Crippen LogP contribution in [0.1, 0.15) is 43.1 Å². The van der Waals surface area contributed by atoms with Crippen molar-refractivity contribution in [2.75, 3.05) is 58.0 Å². The van der Waals surface area contributed by atoms with E-state index in [2.05, 4.69) is 78.3 Å². The molecule has 2 amide bonds. The van der Waals surface area contributed by atoms with Crippen LogP contribution in [0, 0.1) is 5.41 Å². The topological polar surface area (TPSA) is 85.7 Å². The Kier molecular flexibility index (Phi) is 10.2. The van der Waals surface area contributed by atoms with Crippen molar-refractivity contribution in [3.8, 4) is 0 Å². The highest BCUT2D eigenvalue weighted by atomic mass is 16.2. The largest absolute Gasteiger partial charge is 0.341 e. The minimum Gasteiger partial charge on any atom is -0.341 e. The van der Waals surface area contributed by atoms with Crippen molar-refractivity contribution in [3.63, 3.8) is 0 Å². The minimum atomic E-state index is -0.199. The summed E-state index contributed by atoms with van der Waals surface area (Å²) in [6, 6.07) is 19.5. The zero-order chi connectivity index (χ0) is 31.1.